The fourth-order valence-electron chi connectivity index (χ4n) is 3.42. The van der Waals surface area contributed by atoms with E-state index in [1.165, 1.54) is 43.2 Å². The molecule has 3 rings (SSSR count). The summed E-state index contributed by atoms with van der Waals surface area (Å²) in [6.45, 7) is 2.04. The molecule has 0 saturated heterocycles. The van der Waals surface area contributed by atoms with Crippen LogP contribution in [0.4, 0.5) is 0 Å². The van der Waals surface area contributed by atoms with Gasteiger partial charge in [-0.2, -0.15) is 0 Å². The average Bonchev–Trinajstić information content (AvgIpc) is 2.36. The van der Waals surface area contributed by atoms with Crippen molar-refractivity contribution < 1.29 is 4.74 Å². The molecule has 2 nitrogen and oxygen atoms in total. The fraction of sp³-hybridized carbons (Fsp3) is 0.625. The Hall–Kier alpha value is -1.02. The zero-order chi connectivity index (χ0) is 12.4. The summed E-state index contributed by atoms with van der Waals surface area (Å²) in [5.74, 6) is 1.11. The van der Waals surface area contributed by atoms with Crippen LogP contribution in [0.25, 0.3) is 0 Å². The molecule has 1 aliphatic carbocycles. The number of aryl methyl sites for hydroxylation is 1. The van der Waals surface area contributed by atoms with Gasteiger partial charge in [0.05, 0.1) is 6.61 Å². The number of nitrogens with one attached hydrogen (secondary N) is 1. The summed E-state index contributed by atoms with van der Waals surface area (Å²) in [4.78, 5) is 0. The van der Waals surface area contributed by atoms with Crippen LogP contribution in [0.15, 0.2) is 18.2 Å². The van der Waals surface area contributed by atoms with Crippen LogP contribution in [0.2, 0.25) is 0 Å². The fourth-order valence-corrected chi connectivity index (χ4v) is 3.42. The zero-order valence-corrected chi connectivity index (χ0v) is 11.3. The second-order valence-electron chi connectivity index (χ2n) is 5.95. The highest BCUT2D eigenvalue weighted by atomic mass is 16.5. The standard InChI is InChI=1S/C16H23NO/c1-17-12-16(7-3-8-16)11-13-5-6-15-14(10-13)4-2-9-18-15/h5-6,10,17H,2-4,7-9,11-12H2,1H3. The third-order valence-corrected chi connectivity index (χ3v) is 4.52. The van der Waals surface area contributed by atoms with Gasteiger partial charge < -0.3 is 10.1 Å². The lowest BCUT2D eigenvalue weighted by Crippen LogP contribution is -2.40. The molecule has 0 aromatic heterocycles. The number of fused-ring (bicyclic) bond motifs is 1. The van der Waals surface area contributed by atoms with E-state index >= 15 is 0 Å². The van der Waals surface area contributed by atoms with E-state index in [-0.39, 0.29) is 0 Å². The summed E-state index contributed by atoms with van der Waals surface area (Å²) in [6, 6.07) is 6.82. The van der Waals surface area contributed by atoms with Crippen molar-refractivity contribution in [2.24, 2.45) is 5.41 Å². The first-order valence-corrected chi connectivity index (χ1v) is 7.21. The molecular weight excluding hydrogens is 222 g/mol. The summed E-state index contributed by atoms with van der Waals surface area (Å²) < 4.78 is 5.68. The van der Waals surface area contributed by atoms with Crippen LogP contribution >= 0.6 is 0 Å². The van der Waals surface area contributed by atoms with Crippen molar-refractivity contribution in [1.29, 1.82) is 0 Å². The Labute approximate surface area is 110 Å². The molecule has 0 radical (unpaired) electrons. The highest BCUT2D eigenvalue weighted by Crippen LogP contribution is 2.43. The molecule has 1 N–H and O–H groups in total. The Morgan fingerprint density at radius 1 is 1.28 bits per heavy atom. The molecule has 1 aromatic carbocycles. The Balaban J connectivity index is 1.76. The maximum Gasteiger partial charge on any atom is 0.122 e. The third-order valence-electron chi connectivity index (χ3n) is 4.52. The smallest absolute Gasteiger partial charge is 0.122 e. The van der Waals surface area contributed by atoms with Gasteiger partial charge >= 0.3 is 0 Å². The predicted molar refractivity (Wildman–Crippen MR) is 74.2 cm³/mol. The Morgan fingerprint density at radius 2 is 2.17 bits per heavy atom. The van der Waals surface area contributed by atoms with Gasteiger partial charge in [-0.25, -0.2) is 0 Å². The number of hydrogen-bond acceptors (Lipinski definition) is 2. The van der Waals surface area contributed by atoms with E-state index in [2.05, 4.69) is 30.6 Å². The summed E-state index contributed by atoms with van der Waals surface area (Å²) in [6.07, 6.45) is 7.72. The van der Waals surface area contributed by atoms with Crippen LogP contribution in [-0.2, 0) is 12.8 Å². The largest absolute Gasteiger partial charge is 0.493 e. The van der Waals surface area contributed by atoms with Crippen molar-refractivity contribution in [2.45, 2.75) is 38.5 Å². The molecule has 0 atom stereocenters. The van der Waals surface area contributed by atoms with Crippen molar-refractivity contribution in [3.8, 4) is 5.75 Å². The van der Waals surface area contributed by atoms with Gasteiger partial charge in [0.2, 0.25) is 0 Å². The SMILES string of the molecule is CNCC1(Cc2ccc3c(c2)CCCO3)CCC1. The number of rotatable bonds is 4. The Bertz CT molecular complexity index is 423. The van der Waals surface area contributed by atoms with Crippen molar-refractivity contribution in [3.05, 3.63) is 29.3 Å². The Morgan fingerprint density at radius 3 is 2.89 bits per heavy atom. The molecule has 0 amide bonds. The Kier molecular flexibility index (Phi) is 3.29. The molecule has 0 spiro atoms. The molecule has 1 aromatic rings. The molecule has 0 unspecified atom stereocenters. The predicted octanol–water partition coefficient (Wildman–Crippen LogP) is 2.94. The summed E-state index contributed by atoms with van der Waals surface area (Å²) in [5, 5.41) is 3.37. The molecule has 1 saturated carbocycles. The molecule has 18 heavy (non-hydrogen) atoms. The van der Waals surface area contributed by atoms with Crippen LogP contribution in [-0.4, -0.2) is 20.2 Å². The van der Waals surface area contributed by atoms with E-state index in [0.29, 0.717) is 5.41 Å². The zero-order valence-electron chi connectivity index (χ0n) is 11.3. The van der Waals surface area contributed by atoms with Crippen molar-refractivity contribution >= 4 is 0 Å². The van der Waals surface area contributed by atoms with E-state index in [9.17, 15) is 0 Å². The first-order chi connectivity index (χ1) is 8.81. The van der Waals surface area contributed by atoms with E-state index < -0.39 is 0 Å². The lowest BCUT2D eigenvalue weighted by Gasteiger charge is -2.42. The molecule has 0 bridgehead atoms. The topological polar surface area (TPSA) is 21.3 Å². The second-order valence-corrected chi connectivity index (χ2v) is 5.95. The minimum Gasteiger partial charge on any atom is -0.493 e. The molecule has 1 aliphatic heterocycles. The highest BCUT2D eigenvalue weighted by molar-refractivity contribution is 5.39. The van der Waals surface area contributed by atoms with Gasteiger partial charge in [-0.05, 0) is 61.8 Å². The lowest BCUT2D eigenvalue weighted by molar-refractivity contribution is 0.133. The van der Waals surface area contributed by atoms with Crippen LogP contribution in [0.3, 0.4) is 0 Å². The highest BCUT2D eigenvalue weighted by Gasteiger charge is 2.36. The normalized spacial score (nSPS) is 20.7. The van der Waals surface area contributed by atoms with Crippen molar-refractivity contribution in [1.82, 2.24) is 5.32 Å². The first kappa shape index (κ1) is 12.0. The lowest BCUT2D eigenvalue weighted by atomic mass is 9.65. The molecule has 2 aliphatic rings. The van der Waals surface area contributed by atoms with E-state index in [4.69, 9.17) is 4.74 Å². The molecule has 1 heterocycles. The average molecular weight is 245 g/mol. The minimum atomic E-state index is 0.526. The van der Waals surface area contributed by atoms with Gasteiger partial charge in [0, 0.05) is 6.54 Å². The molecular formula is C16H23NO. The molecule has 1 fully saturated rings. The summed E-state index contributed by atoms with van der Waals surface area (Å²) in [5.41, 5.74) is 3.44. The maximum atomic E-state index is 5.68. The van der Waals surface area contributed by atoms with Crippen molar-refractivity contribution in [2.75, 3.05) is 20.2 Å². The van der Waals surface area contributed by atoms with Crippen LogP contribution in [0.5, 0.6) is 5.75 Å². The van der Waals surface area contributed by atoms with Gasteiger partial charge in [0.15, 0.2) is 0 Å². The number of hydrogen-bond donors (Lipinski definition) is 1. The monoisotopic (exact) mass is 245 g/mol. The summed E-state index contributed by atoms with van der Waals surface area (Å²) >= 11 is 0. The third kappa shape index (κ3) is 2.26. The van der Waals surface area contributed by atoms with Crippen molar-refractivity contribution in [3.63, 3.8) is 0 Å². The van der Waals surface area contributed by atoms with Gasteiger partial charge in [0.1, 0.15) is 5.75 Å². The van der Waals surface area contributed by atoms with E-state index in [0.717, 1.165) is 25.3 Å². The van der Waals surface area contributed by atoms with Gasteiger partial charge in [0.25, 0.3) is 0 Å². The molecule has 98 valence electrons. The molecule has 2 heteroatoms. The first-order valence-electron chi connectivity index (χ1n) is 7.21. The second kappa shape index (κ2) is 4.93. The minimum absolute atomic E-state index is 0.526. The number of ether oxygens (including phenoxy) is 1. The number of benzene rings is 1. The quantitative estimate of drug-likeness (QED) is 0.880. The summed E-state index contributed by atoms with van der Waals surface area (Å²) in [7, 11) is 2.07. The maximum absolute atomic E-state index is 5.68. The van der Waals surface area contributed by atoms with Gasteiger partial charge in [-0.1, -0.05) is 18.6 Å². The van der Waals surface area contributed by atoms with Gasteiger partial charge in [-0.3, -0.25) is 0 Å². The van der Waals surface area contributed by atoms with E-state index in [1.54, 1.807) is 0 Å². The van der Waals surface area contributed by atoms with Crippen LogP contribution in [0, 0.1) is 5.41 Å². The van der Waals surface area contributed by atoms with Crippen LogP contribution in [0.1, 0.15) is 36.8 Å². The van der Waals surface area contributed by atoms with Crippen LogP contribution < -0.4 is 10.1 Å². The van der Waals surface area contributed by atoms with Gasteiger partial charge in [-0.15, -0.1) is 0 Å². The van der Waals surface area contributed by atoms with E-state index in [1.807, 2.05) is 0 Å².